The van der Waals surface area contributed by atoms with E-state index in [1.165, 1.54) is 10.8 Å². The van der Waals surface area contributed by atoms with Gasteiger partial charge in [0.1, 0.15) is 12.4 Å². The van der Waals surface area contributed by atoms with Crippen molar-refractivity contribution < 1.29 is 4.74 Å². The minimum absolute atomic E-state index is 0.440. The van der Waals surface area contributed by atoms with Gasteiger partial charge >= 0.3 is 0 Å². The number of nitrogens with zero attached hydrogens (tertiary/aromatic N) is 3. The molecule has 0 bridgehead atoms. The van der Waals surface area contributed by atoms with E-state index in [1.54, 1.807) is 10.9 Å². The van der Waals surface area contributed by atoms with Crippen LogP contribution in [-0.4, -0.2) is 21.1 Å². The maximum Gasteiger partial charge on any atom is 0.216 e. The van der Waals surface area contributed by atoms with Crippen molar-refractivity contribution in [1.82, 2.24) is 14.9 Å². The predicted molar refractivity (Wildman–Crippen MR) is 131 cm³/mol. The van der Waals surface area contributed by atoms with E-state index in [2.05, 4.69) is 51.7 Å². The molecule has 156 valence electrons. The maximum atomic E-state index is 6.02. The fourth-order valence-corrected chi connectivity index (χ4v) is 3.71. The van der Waals surface area contributed by atoms with Gasteiger partial charge in [-0.05, 0) is 58.4 Å². The molecular weight excluding hydrogens is 416 g/mol. The average Bonchev–Trinajstić information content (AvgIpc) is 3.22. The van der Waals surface area contributed by atoms with Crippen LogP contribution in [0.4, 0.5) is 0 Å². The van der Waals surface area contributed by atoms with Crippen LogP contribution in [0.25, 0.3) is 22.2 Å². The van der Waals surface area contributed by atoms with Crippen LogP contribution in [0.2, 0.25) is 0 Å². The molecule has 0 fully saturated rings. The van der Waals surface area contributed by atoms with E-state index in [9.17, 15) is 0 Å². The number of rotatable bonds is 6. The first-order valence-corrected chi connectivity index (χ1v) is 10.7. The van der Waals surface area contributed by atoms with Crippen LogP contribution >= 0.6 is 12.2 Å². The Morgan fingerprint density at radius 3 is 2.47 bits per heavy atom. The van der Waals surface area contributed by atoms with Crippen LogP contribution < -0.4 is 4.74 Å². The molecule has 0 amide bonds. The van der Waals surface area contributed by atoms with Crippen molar-refractivity contribution >= 4 is 29.2 Å². The third-order valence-electron chi connectivity index (χ3n) is 5.16. The van der Waals surface area contributed by atoms with Crippen LogP contribution in [0.3, 0.4) is 0 Å². The van der Waals surface area contributed by atoms with Gasteiger partial charge < -0.3 is 4.74 Å². The number of hydrogen-bond acceptors (Lipinski definition) is 4. The Bertz CT molecular complexity index is 1430. The maximum absolute atomic E-state index is 6.02. The summed E-state index contributed by atoms with van der Waals surface area (Å²) in [6, 6.07) is 32.2. The fourth-order valence-electron chi connectivity index (χ4n) is 3.53. The summed E-state index contributed by atoms with van der Waals surface area (Å²) in [4.78, 5) is 0. The topological polar surface area (TPSA) is 55.2 Å². The lowest BCUT2D eigenvalue weighted by Crippen LogP contribution is -1.97. The number of ether oxygens (including phenoxy) is 1. The van der Waals surface area contributed by atoms with Crippen molar-refractivity contribution in [2.75, 3.05) is 0 Å². The molecule has 4 aromatic carbocycles. The van der Waals surface area contributed by atoms with Gasteiger partial charge in [-0.3, -0.25) is 0 Å². The van der Waals surface area contributed by atoms with Crippen molar-refractivity contribution in [2.45, 2.75) is 6.61 Å². The summed E-state index contributed by atoms with van der Waals surface area (Å²) in [7, 11) is 0. The van der Waals surface area contributed by atoms with Gasteiger partial charge in [-0.2, -0.15) is 14.9 Å². The number of aromatic amines is 1. The zero-order valence-electron chi connectivity index (χ0n) is 17.2. The molecule has 0 saturated carbocycles. The lowest BCUT2D eigenvalue weighted by Gasteiger charge is -2.09. The zero-order valence-corrected chi connectivity index (χ0v) is 18.0. The molecule has 1 N–H and O–H groups in total. The number of H-pyrrole nitrogens is 1. The summed E-state index contributed by atoms with van der Waals surface area (Å²) in [5, 5.41) is 14.1. The van der Waals surface area contributed by atoms with E-state index in [0.29, 0.717) is 17.2 Å². The SMILES string of the molecule is S=c1[nH]nc(-c2ccccc2)n1/N=C\c1ccc(OCc2cccc3ccccc23)cc1. The highest BCUT2D eigenvalue weighted by Gasteiger charge is 2.07. The van der Waals surface area contributed by atoms with Gasteiger partial charge in [0.15, 0.2) is 5.82 Å². The fraction of sp³-hybridized carbons (Fsp3) is 0.0385. The largest absolute Gasteiger partial charge is 0.489 e. The Morgan fingerprint density at radius 2 is 1.62 bits per heavy atom. The van der Waals surface area contributed by atoms with Gasteiger partial charge in [-0.15, -0.1) is 0 Å². The van der Waals surface area contributed by atoms with E-state index in [0.717, 1.165) is 22.4 Å². The number of nitrogens with one attached hydrogen (secondary N) is 1. The van der Waals surface area contributed by atoms with E-state index < -0.39 is 0 Å². The van der Waals surface area contributed by atoms with Crippen molar-refractivity contribution in [2.24, 2.45) is 5.10 Å². The van der Waals surface area contributed by atoms with Gasteiger partial charge in [0, 0.05) is 5.56 Å². The van der Waals surface area contributed by atoms with Crippen molar-refractivity contribution in [3.8, 4) is 17.1 Å². The quantitative estimate of drug-likeness (QED) is 0.254. The summed E-state index contributed by atoms with van der Waals surface area (Å²) in [6.07, 6.45) is 1.76. The molecule has 0 aliphatic heterocycles. The molecule has 0 aliphatic rings. The summed E-state index contributed by atoms with van der Waals surface area (Å²) in [6.45, 7) is 0.513. The number of hydrogen-bond donors (Lipinski definition) is 1. The Kier molecular flexibility index (Phi) is 5.59. The Morgan fingerprint density at radius 1 is 0.875 bits per heavy atom. The standard InChI is InChI=1S/C26H20N4OS/c32-26-29-28-25(21-8-2-1-3-9-21)30(26)27-17-19-13-15-23(16-14-19)31-18-22-11-6-10-20-7-4-5-12-24(20)22/h1-17H,18H2,(H,29,32)/b27-17-. The highest BCUT2D eigenvalue weighted by molar-refractivity contribution is 7.71. The molecule has 1 heterocycles. The minimum Gasteiger partial charge on any atom is -0.489 e. The first kappa shape index (κ1) is 19.9. The summed E-state index contributed by atoms with van der Waals surface area (Å²) in [5.41, 5.74) is 3.04. The Labute approximate surface area is 190 Å². The van der Waals surface area contributed by atoms with Crippen molar-refractivity contribution in [3.63, 3.8) is 0 Å². The number of fused-ring (bicyclic) bond motifs is 1. The normalized spacial score (nSPS) is 11.2. The molecule has 32 heavy (non-hydrogen) atoms. The second kappa shape index (κ2) is 8.99. The third-order valence-corrected chi connectivity index (χ3v) is 5.42. The Balaban J connectivity index is 1.30. The molecule has 0 aliphatic carbocycles. The summed E-state index contributed by atoms with van der Waals surface area (Å²) >= 11 is 5.33. The van der Waals surface area contributed by atoms with E-state index in [-0.39, 0.29) is 0 Å². The highest BCUT2D eigenvalue weighted by atomic mass is 32.1. The average molecular weight is 437 g/mol. The van der Waals surface area contributed by atoms with Gasteiger partial charge in [-0.25, -0.2) is 5.10 Å². The molecule has 6 heteroatoms. The zero-order chi connectivity index (χ0) is 21.8. The van der Waals surface area contributed by atoms with Crippen LogP contribution in [0, 0.1) is 4.77 Å². The third kappa shape index (κ3) is 4.22. The monoisotopic (exact) mass is 436 g/mol. The molecule has 5 aromatic rings. The lowest BCUT2D eigenvalue weighted by atomic mass is 10.1. The second-order valence-corrected chi connectivity index (χ2v) is 7.66. The molecule has 0 radical (unpaired) electrons. The number of aromatic nitrogens is 3. The lowest BCUT2D eigenvalue weighted by molar-refractivity contribution is 0.307. The van der Waals surface area contributed by atoms with Gasteiger partial charge in [0.25, 0.3) is 0 Å². The molecule has 0 unspecified atom stereocenters. The molecule has 5 rings (SSSR count). The first-order valence-electron chi connectivity index (χ1n) is 10.2. The van der Waals surface area contributed by atoms with Gasteiger partial charge in [0.2, 0.25) is 4.77 Å². The second-order valence-electron chi connectivity index (χ2n) is 7.27. The number of benzene rings is 4. The molecular formula is C26H20N4OS. The molecule has 5 nitrogen and oxygen atoms in total. The van der Waals surface area contributed by atoms with Crippen molar-refractivity contribution in [1.29, 1.82) is 0 Å². The predicted octanol–water partition coefficient (Wildman–Crippen LogP) is 6.22. The van der Waals surface area contributed by atoms with Crippen molar-refractivity contribution in [3.05, 3.63) is 113 Å². The summed E-state index contributed by atoms with van der Waals surface area (Å²) in [5.74, 6) is 1.47. The molecule has 0 spiro atoms. The Hall–Kier alpha value is -4.03. The van der Waals surface area contributed by atoms with Gasteiger partial charge in [-0.1, -0.05) is 72.8 Å². The van der Waals surface area contributed by atoms with Crippen LogP contribution in [0.5, 0.6) is 5.75 Å². The highest BCUT2D eigenvalue weighted by Crippen LogP contribution is 2.21. The van der Waals surface area contributed by atoms with Gasteiger partial charge in [0.05, 0.1) is 6.21 Å². The van der Waals surface area contributed by atoms with Crippen LogP contribution in [0.15, 0.2) is 102 Å². The summed E-state index contributed by atoms with van der Waals surface area (Å²) < 4.78 is 8.08. The van der Waals surface area contributed by atoms with E-state index >= 15 is 0 Å². The smallest absolute Gasteiger partial charge is 0.216 e. The van der Waals surface area contributed by atoms with Crippen LogP contribution in [-0.2, 0) is 6.61 Å². The molecule has 0 atom stereocenters. The minimum atomic E-state index is 0.440. The van der Waals surface area contributed by atoms with E-state index in [1.807, 2.05) is 60.7 Å². The molecule has 0 saturated heterocycles. The van der Waals surface area contributed by atoms with Crippen LogP contribution in [0.1, 0.15) is 11.1 Å². The molecule has 1 aromatic heterocycles. The first-order chi connectivity index (χ1) is 15.8. The van der Waals surface area contributed by atoms with E-state index in [4.69, 9.17) is 17.0 Å².